The van der Waals surface area contributed by atoms with Crippen LogP contribution >= 0.6 is 0 Å². The highest BCUT2D eigenvalue weighted by molar-refractivity contribution is 6.05. The molecular formula is C17H25N3O2. The third-order valence-electron chi connectivity index (χ3n) is 4.10. The van der Waals surface area contributed by atoms with Gasteiger partial charge in [-0.05, 0) is 24.5 Å². The van der Waals surface area contributed by atoms with Crippen LogP contribution in [0.15, 0.2) is 24.3 Å². The van der Waals surface area contributed by atoms with Gasteiger partial charge in [-0.2, -0.15) is 0 Å². The van der Waals surface area contributed by atoms with Crippen molar-refractivity contribution in [3.8, 4) is 0 Å². The fraction of sp³-hybridized carbons (Fsp3) is 0.529. The highest BCUT2D eigenvalue weighted by Crippen LogP contribution is 2.32. The van der Waals surface area contributed by atoms with Crippen molar-refractivity contribution in [2.75, 3.05) is 11.4 Å². The number of nitrogens with two attached hydrogens (primary N) is 1. The molecule has 5 heteroatoms. The van der Waals surface area contributed by atoms with Gasteiger partial charge in [-0.15, -0.1) is 0 Å². The number of anilines is 1. The van der Waals surface area contributed by atoms with Gasteiger partial charge in [0, 0.05) is 18.7 Å². The van der Waals surface area contributed by atoms with Gasteiger partial charge in [-0.25, -0.2) is 0 Å². The van der Waals surface area contributed by atoms with Crippen LogP contribution < -0.4 is 16.0 Å². The Bertz CT molecular complexity index is 544. The predicted octanol–water partition coefficient (Wildman–Crippen LogP) is 1.60. The molecule has 0 bridgehead atoms. The number of para-hydroxylation sites is 1. The van der Waals surface area contributed by atoms with E-state index in [0.29, 0.717) is 19.4 Å². The Morgan fingerprint density at radius 3 is 2.77 bits per heavy atom. The van der Waals surface area contributed by atoms with Crippen molar-refractivity contribution in [2.24, 2.45) is 5.73 Å². The van der Waals surface area contributed by atoms with E-state index in [2.05, 4.69) is 12.2 Å². The molecule has 1 aliphatic heterocycles. The van der Waals surface area contributed by atoms with E-state index in [4.69, 9.17) is 5.73 Å². The van der Waals surface area contributed by atoms with Crippen molar-refractivity contribution in [1.29, 1.82) is 0 Å². The van der Waals surface area contributed by atoms with Crippen molar-refractivity contribution < 1.29 is 9.59 Å². The lowest BCUT2D eigenvalue weighted by Gasteiger charge is -2.27. The third kappa shape index (κ3) is 3.30. The SMILES string of the molecule is CCCCNC(=O)[C@@H]1Cc2ccccc2N1C(=O)[C@@H](N)CC. The van der Waals surface area contributed by atoms with Crippen LogP contribution in [0.2, 0.25) is 0 Å². The normalized spacial score (nSPS) is 18.0. The van der Waals surface area contributed by atoms with Gasteiger partial charge in [0.15, 0.2) is 0 Å². The van der Waals surface area contributed by atoms with E-state index in [0.717, 1.165) is 24.1 Å². The molecule has 0 radical (unpaired) electrons. The molecule has 2 atom stereocenters. The van der Waals surface area contributed by atoms with Gasteiger partial charge in [0.25, 0.3) is 0 Å². The molecule has 0 saturated carbocycles. The predicted molar refractivity (Wildman–Crippen MR) is 87.6 cm³/mol. The first-order valence-corrected chi connectivity index (χ1v) is 8.04. The summed E-state index contributed by atoms with van der Waals surface area (Å²) >= 11 is 0. The molecule has 0 aliphatic carbocycles. The van der Waals surface area contributed by atoms with Crippen molar-refractivity contribution >= 4 is 17.5 Å². The molecule has 1 aromatic rings. The van der Waals surface area contributed by atoms with E-state index in [-0.39, 0.29) is 11.8 Å². The lowest BCUT2D eigenvalue weighted by molar-refractivity contribution is -0.126. The molecule has 2 rings (SSSR count). The number of carbonyl (C=O) groups is 2. The standard InChI is InChI=1S/C17H25N3O2/c1-3-5-10-19-16(21)15-11-12-8-6-7-9-14(12)20(15)17(22)13(18)4-2/h6-9,13,15H,3-5,10-11,18H2,1-2H3,(H,19,21)/t13-,15-/m0/s1. The number of rotatable bonds is 6. The molecular weight excluding hydrogens is 278 g/mol. The van der Waals surface area contributed by atoms with Gasteiger partial charge in [-0.1, -0.05) is 38.5 Å². The van der Waals surface area contributed by atoms with Crippen LogP contribution in [-0.4, -0.2) is 30.4 Å². The molecule has 0 unspecified atom stereocenters. The minimum Gasteiger partial charge on any atom is -0.354 e. The topological polar surface area (TPSA) is 75.4 Å². The van der Waals surface area contributed by atoms with Gasteiger partial charge in [-0.3, -0.25) is 14.5 Å². The van der Waals surface area contributed by atoms with E-state index in [1.807, 2.05) is 31.2 Å². The smallest absolute Gasteiger partial charge is 0.244 e. The maximum absolute atomic E-state index is 12.6. The maximum Gasteiger partial charge on any atom is 0.244 e. The Morgan fingerprint density at radius 1 is 1.36 bits per heavy atom. The first-order valence-electron chi connectivity index (χ1n) is 8.04. The van der Waals surface area contributed by atoms with E-state index in [1.54, 1.807) is 4.90 Å². The van der Waals surface area contributed by atoms with Crippen molar-refractivity contribution in [3.63, 3.8) is 0 Å². The number of carbonyl (C=O) groups excluding carboxylic acids is 2. The summed E-state index contributed by atoms with van der Waals surface area (Å²) in [5.41, 5.74) is 7.75. The summed E-state index contributed by atoms with van der Waals surface area (Å²) in [5, 5.41) is 2.93. The summed E-state index contributed by atoms with van der Waals surface area (Å²) in [5.74, 6) is -0.274. The first-order chi connectivity index (χ1) is 10.6. The summed E-state index contributed by atoms with van der Waals surface area (Å²) in [6.45, 7) is 4.60. The van der Waals surface area contributed by atoms with Crippen LogP contribution in [-0.2, 0) is 16.0 Å². The molecule has 5 nitrogen and oxygen atoms in total. The molecule has 22 heavy (non-hydrogen) atoms. The van der Waals surface area contributed by atoms with Gasteiger partial charge < -0.3 is 11.1 Å². The molecule has 2 amide bonds. The second-order valence-corrected chi connectivity index (χ2v) is 5.72. The molecule has 3 N–H and O–H groups in total. The fourth-order valence-electron chi connectivity index (χ4n) is 2.73. The average Bonchev–Trinajstić information content (AvgIpc) is 2.93. The van der Waals surface area contributed by atoms with E-state index in [1.165, 1.54) is 0 Å². The van der Waals surface area contributed by atoms with E-state index < -0.39 is 12.1 Å². The van der Waals surface area contributed by atoms with Crippen LogP contribution in [0.5, 0.6) is 0 Å². The molecule has 0 saturated heterocycles. The first kappa shape index (κ1) is 16.5. The zero-order chi connectivity index (χ0) is 16.1. The van der Waals surface area contributed by atoms with Gasteiger partial charge >= 0.3 is 0 Å². The summed E-state index contributed by atoms with van der Waals surface area (Å²) in [6, 6.07) is 6.60. The highest BCUT2D eigenvalue weighted by Gasteiger charge is 2.39. The number of amides is 2. The minimum atomic E-state index is -0.572. The summed E-state index contributed by atoms with van der Waals surface area (Å²) in [7, 11) is 0. The number of unbranched alkanes of at least 4 members (excludes halogenated alkanes) is 1. The Hall–Kier alpha value is -1.88. The van der Waals surface area contributed by atoms with E-state index >= 15 is 0 Å². The molecule has 0 fully saturated rings. The van der Waals surface area contributed by atoms with Gasteiger partial charge in [0.05, 0.1) is 6.04 Å². The number of nitrogens with zero attached hydrogens (tertiary/aromatic N) is 1. The molecule has 120 valence electrons. The van der Waals surface area contributed by atoms with Crippen LogP contribution in [0.3, 0.4) is 0 Å². The lowest BCUT2D eigenvalue weighted by Crippen LogP contribution is -2.53. The Kier molecular flexibility index (Phi) is 5.55. The maximum atomic E-state index is 12.6. The van der Waals surface area contributed by atoms with Crippen LogP contribution in [0.4, 0.5) is 5.69 Å². The molecule has 1 aliphatic rings. The Balaban J connectivity index is 2.22. The highest BCUT2D eigenvalue weighted by atomic mass is 16.2. The quantitative estimate of drug-likeness (QED) is 0.784. The van der Waals surface area contributed by atoms with Crippen LogP contribution in [0.1, 0.15) is 38.7 Å². The minimum absolute atomic E-state index is 0.0960. The fourth-order valence-corrected chi connectivity index (χ4v) is 2.73. The summed E-state index contributed by atoms with van der Waals surface area (Å²) in [6.07, 6.45) is 3.07. The van der Waals surface area contributed by atoms with Crippen LogP contribution in [0, 0.1) is 0 Å². The molecule has 0 spiro atoms. The number of hydrogen-bond donors (Lipinski definition) is 2. The van der Waals surface area contributed by atoms with Crippen LogP contribution in [0.25, 0.3) is 0 Å². The van der Waals surface area contributed by atoms with Gasteiger partial charge in [0.2, 0.25) is 11.8 Å². The molecule has 0 aromatic heterocycles. The number of nitrogens with one attached hydrogen (secondary N) is 1. The lowest BCUT2D eigenvalue weighted by atomic mass is 10.1. The zero-order valence-corrected chi connectivity index (χ0v) is 13.3. The average molecular weight is 303 g/mol. The summed E-state index contributed by atoms with van der Waals surface area (Å²) < 4.78 is 0. The third-order valence-corrected chi connectivity index (χ3v) is 4.10. The van der Waals surface area contributed by atoms with Gasteiger partial charge in [0.1, 0.15) is 6.04 Å². The number of hydrogen-bond acceptors (Lipinski definition) is 3. The van der Waals surface area contributed by atoms with E-state index in [9.17, 15) is 9.59 Å². The Morgan fingerprint density at radius 2 is 2.09 bits per heavy atom. The number of benzene rings is 1. The Labute approximate surface area is 131 Å². The zero-order valence-electron chi connectivity index (χ0n) is 13.3. The second-order valence-electron chi connectivity index (χ2n) is 5.72. The monoisotopic (exact) mass is 303 g/mol. The van der Waals surface area contributed by atoms with Crippen molar-refractivity contribution in [1.82, 2.24) is 5.32 Å². The molecule has 1 heterocycles. The largest absolute Gasteiger partial charge is 0.354 e. The van der Waals surface area contributed by atoms with Crippen molar-refractivity contribution in [2.45, 2.75) is 51.6 Å². The second kappa shape index (κ2) is 7.40. The van der Waals surface area contributed by atoms with Crippen molar-refractivity contribution in [3.05, 3.63) is 29.8 Å². The number of fused-ring (bicyclic) bond motifs is 1. The summed E-state index contributed by atoms with van der Waals surface area (Å²) in [4.78, 5) is 26.7. The molecule has 1 aromatic carbocycles.